The average molecular weight is 298 g/mol. The highest BCUT2D eigenvalue weighted by Crippen LogP contribution is 2.32. The van der Waals surface area contributed by atoms with E-state index in [2.05, 4.69) is 22.8 Å². The van der Waals surface area contributed by atoms with Gasteiger partial charge in [0.2, 0.25) is 0 Å². The van der Waals surface area contributed by atoms with Crippen LogP contribution in [-0.4, -0.2) is 12.2 Å². The van der Waals surface area contributed by atoms with E-state index in [9.17, 15) is 4.79 Å². The first-order valence-electron chi connectivity index (χ1n) is 7.88. The Hall–Kier alpha value is -2.23. The van der Waals surface area contributed by atoms with E-state index >= 15 is 0 Å². The molecular formula is C18H22N2O2. The molecule has 116 valence electrons. The number of hydrogen-bond donors (Lipinski definition) is 2. The van der Waals surface area contributed by atoms with E-state index in [-0.39, 0.29) is 6.10 Å². The van der Waals surface area contributed by atoms with Gasteiger partial charge >= 0.3 is 6.09 Å². The summed E-state index contributed by atoms with van der Waals surface area (Å²) in [6, 6.07) is 5.98. The van der Waals surface area contributed by atoms with Crippen LogP contribution in [0.25, 0.3) is 0 Å². The molecule has 0 saturated heterocycles. The van der Waals surface area contributed by atoms with E-state index in [0.717, 1.165) is 37.1 Å². The number of benzene rings is 1. The maximum atomic E-state index is 11.7. The fourth-order valence-electron chi connectivity index (χ4n) is 2.88. The number of aryl methyl sites for hydroxylation is 1. The summed E-state index contributed by atoms with van der Waals surface area (Å²) >= 11 is 0. The smallest absolute Gasteiger partial charge is 0.411 e. The third kappa shape index (κ3) is 3.32. The normalized spacial score (nSPS) is 16.5. The van der Waals surface area contributed by atoms with Gasteiger partial charge in [0.25, 0.3) is 0 Å². The van der Waals surface area contributed by atoms with Crippen LogP contribution in [0, 0.1) is 0 Å². The fourth-order valence-corrected chi connectivity index (χ4v) is 2.88. The maximum absolute atomic E-state index is 11.7. The molecule has 0 fully saturated rings. The summed E-state index contributed by atoms with van der Waals surface area (Å²) in [6.07, 6.45) is 8.13. The summed E-state index contributed by atoms with van der Waals surface area (Å²) in [5, 5.41) is 6.35. The number of rotatable bonds is 2. The number of nitrogens with one attached hydrogen (secondary N) is 2. The Morgan fingerprint density at radius 1 is 1.27 bits per heavy atom. The van der Waals surface area contributed by atoms with Crippen LogP contribution in [0.15, 0.2) is 41.6 Å². The molecule has 22 heavy (non-hydrogen) atoms. The van der Waals surface area contributed by atoms with Gasteiger partial charge in [0, 0.05) is 17.1 Å². The van der Waals surface area contributed by atoms with Crippen LogP contribution >= 0.6 is 0 Å². The Morgan fingerprint density at radius 2 is 2.14 bits per heavy atom. The van der Waals surface area contributed by atoms with Gasteiger partial charge < -0.3 is 10.1 Å². The van der Waals surface area contributed by atoms with Crippen molar-refractivity contribution in [2.24, 2.45) is 0 Å². The monoisotopic (exact) mass is 298 g/mol. The van der Waals surface area contributed by atoms with E-state index in [1.807, 2.05) is 32.0 Å². The third-order valence-electron chi connectivity index (χ3n) is 3.91. The van der Waals surface area contributed by atoms with Crippen molar-refractivity contribution in [2.75, 3.05) is 10.6 Å². The van der Waals surface area contributed by atoms with Crippen LogP contribution in [0.4, 0.5) is 16.2 Å². The first-order chi connectivity index (χ1) is 10.6. The first-order valence-corrected chi connectivity index (χ1v) is 7.88. The van der Waals surface area contributed by atoms with Crippen LogP contribution in [0.3, 0.4) is 0 Å². The van der Waals surface area contributed by atoms with Gasteiger partial charge in [-0.25, -0.2) is 4.79 Å². The lowest BCUT2D eigenvalue weighted by atomic mass is 9.99. The standard InChI is InChI=1S/C18H22N2O2/c1-12(2)22-18(21)19-15-9-10-17-14(11-15)8-7-13-5-3-4-6-16(13)20-17/h3,5,9-12,20H,4,6-8H2,1-2H3,(H,19,21). The Morgan fingerprint density at radius 3 is 2.95 bits per heavy atom. The number of amides is 1. The minimum absolute atomic E-state index is 0.120. The van der Waals surface area contributed by atoms with Crippen LogP contribution in [0.5, 0.6) is 0 Å². The Kier molecular flexibility index (Phi) is 4.18. The maximum Gasteiger partial charge on any atom is 0.411 e. The quantitative estimate of drug-likeness (QED) is 0.838. The molecule has 0 atom stereocenters. The summed E-state index contributed by atoms with van der Waals surface area (Å²) in [4.78, 5) is 11.7. The second-order valence-corrected chi connectivity index (χ2v) is 6.02. The molecule has 2 aliphatic rings. The van der Waals surface area contributed by atoms with Gasteiger partial charge in [-0.2, -0.15) is 0 Å². The number of fused-ring (bicyclic) bond motifs is 1. The van der Waals surface area contributed by atoms with Crippen molar-refractivity contribution in [3.05, 3.63) is 47.2 Å². The predicted molar refractivity (Wildman–Crippen MR) is 89.0 cm³/mol. The molecule has 0 radical (unpaired) electrons. The van der Waals surface area contributed by atoms with Crippen molar-refractivity contribution in [1.82, 2.24) is 0 Å². The highest BCUT2D eigenvalue weighted by molar-refractivity contribution is 5.85. The molecule has 1 aromatic carbocycles. The SMILES string of the molecule is CC(C)OC(=O)Nc1ccc2c(c1)CCC1=C(CCC=C1)N2. The molecule has 2 N–H and O–H groups in total. The predicted octanol–water partition coefficient (Wildman–Crippen LogP) is 4.61. The Bertz CT molecular complexity index is 644. The van der Waals surface area contributed by atoms with Gasteiger partial charge in [-0.05, 0) is 68.9 Å². The Labute approximate surface area is 131 Å². The molecule has 1 aliphatic heterocycles. The van der Waals surface area contributed by atoms with E-state index in [4.69, 9.17) is 4.74 Å². The van der Waals surface area contributed by atoms with Gasteiger partial charge in [-0.3, -0.25) is 5.32 Å². The number of hydrogen-bond acceptors (Lipinski definition) is 3. The highest BCUT2D eigenvalue weighted by atomic mass is 16.6. The molecule has 1 amide bonds. The van der Waals surface area contributed by atoms with E-state index in [1.54, 1.807) is 0 Å². The number of allylic oxidation sites excluding steroid dienone is 4. The van der Waals surface area contributed by atoms with Crippen molar-refractivity contribution in [1.29, 1.82) is 0 Å². The molecule has 0 aromatic heterocycles. The van der Waals surface area contributed by atoms with E-state index in [0.29, 0.717) is 0 Å². The second kappa shape index (κ2) is 6.26. The summed E-state index contributed by atoms with van der Waals surface area (Å²) in [5.74, 6) is 0. The van der Waals surface area contributed by atoms with Crippen molar-refractivity contribution >= 4 is 17.5 Å². The van der Waals surface area contributed by atoms with Crippen molar-refractivity contribution in [2.45, 2.75) is 45.6 Å². The van der Waals surface area contributed by atoms with Crippen LogP contribution in [0.1, 0.15) is 38.7 Å². The molecule has 3 rings (SSSR count). The molecule has 0 spiro atoms. The lowest BCUT2D eigenvalue weighted by molar-refractivity contribution is 0.130. The first kappa shape index (κ1) is 14.7. The Balaban J connectivity index is 1.75. The summed E-state index contributed by atoms with van der Waals surface area (Å²) < 4.78 is 5.12. The molecule has 4 nitrogen and oxygen atoms in total. The lowest BCUT2D eigenvalue weighted by Gasteiger charge is -2.16. The zero-order valence-electron chi connectivity index (χ0n) is 13.1. The summed E-state index contributed by atoms with van der Waals surface area (Å²) in [7, 11) is 0. The van der Waals surface area contributed by atoms with Gasteiger partial charge in [0.1, 0.15) is 0 Å². The van der Waals surface area contributed by atoms with Gasteiger partial charge in [-0.15, -0.1) is 0 Å². The van der Waals surface area contributed by atoms with Crippen LogP contribution in [0.2, 0.25) is 0 Å². The molecule has 0 bridgehead atoms. The van der Waals surface area contributed by atoms with Gasteiger partial charge in [0.05, 0.1) is 6.10 Å². The van der Waals surface area contributed by atoms with Crippen molar-refractivity contribution in [3.63, 3.8) is 0 Å². The van der Waals surface area contributed by atoms with E-state index < -0.39 is 6.09 Å². The van der Waals surface area contributed by atoms with E-state index in [1.165, 1.54) is 16.8 Å². The highest BCUT2D eigenvalue weighted by Gasteiger charge is 2.16. The number of anilines is 2. The largest absolute Gasteiger partial charge is 0.447 e. The summed E-state index contributed by atoms with van der Waals surface area (Å²) in [6.45, 7) is 3.68. The molecule has 1 aromatic rings. The van der Waals surface area contributed by atoms with Gasteiger partial charge in [0.15, 0.2) is 0 Å². The molecular weight excluding hydrogens is 276 g/mol. The second-order valence-electron chi connectivity index (χ2n) is 6.02. The minimum Gasteiger partial charge on any atom is -0.447 e. The van der Waals surface area contributed by atoms with Gasteiger partial charge in [-0.1, -0.05) is 12.2 Å². The van der Waals surface area contributed by atoms with Crippen LogP contribution in [-0.2, 0) is 11.2 Å². The van der Waals surface area contributed by atoms with Crippen LogP contribution < -0.4 is 10.6 Å². The molecule has 0 saturated carbocycles. The molecule has 1 heterocycles. The lowest BCUT2D eigenvalue weighted by Crippen LogP contribution is -2.18. The molecule has 4 heteroatoms. The van der Waals surface area contributed by atoms with Crippen molar-refractivity contribution < 1.29 is 9.53 Å². The molecule has 1 aliphatic carbocycles. The topological polar surface area (TPSA) is 50.4 Å². The van der Waals surface area contributed by atoms with Crippen molar-refractivity contribution in [3.8, 4) is 0 Å². The zero-order chi connectivity index (χ0) is 15.5. The molecule has 0 unspecified atom stereocenters. The number of ether oxygens (including phenoxy) is 1. The number of carbonyl (C=O) groups is 1. The fraction of sp³-hybridized carbons (Fsp3) is 0.389. The third-order valence-corrected chi connectivity index (χ3v) is 3.91. The minimum atomic E-state index is -0.406. The zero-order valence-corrected chi connectivity index (χ0v) is 13.1. The number of carbonyl (C=O) groups excluding carboxylic acids is 1. The summed E-state index contributed by atoms with van der Waals surface area (Å²) in [5.41, 5.74) is 5.88. The average Bonchev–Trinajstić information content (AvgIpc) is 2.65.